The fourth-order valence-corrected chi connectivity index (χ4v) is 1.53. The van der Waals surface area contributed by atoms with E-state index in [0.717, 1.165) is 11.1 Å². The van der Waals surface area contributed by atoms with E-state index in [9.17, 15) is 13.2 Å². The van der Waals surface area contributed by atoms with Crippen LogP contribution in [0.25, 0.3) is 0 Å². The molecule has 1 N–H and O–H groups in total. The minimum atomic E-state index is -1.33. The van der Waals surface area contributed by atoms with Gasteiger partial charge in [-0.3, -0.25) is 0 Å². The average Bonchev–Trinajstić information content (AvgIpc) is 2.30. The van der Waals surface area contributed by atoms with Crippen molar-refractivity contribution in [3.63, 3.8) is 0 Å². The molecule has 1 aromatic carbocycles. The van der Waals surface area contributed by atoms with Crippen molar-refractivity contribution >= 4 is 11.5 Å². The molecule has 0 unspecified atom stereocenters. The lowest BCUT2D eigenvalue weighted by Gasteiger charge is -2.10. The lowest BCUT2D eigenvalue weighted by atomic mass is 10.1. The molecule has 0 aliphatic heterocycles. The van der Waals surface area contributed by atoms with E-state index in [1.165, 1.54) is 0 Å². The maximum atomic E-state index is 13.4. The molecule has 0 fully saturated rings. The van der Waals surface area contributed by atoms with Crippen LogP contribution >= 0.6 is 0 Å². The van der Waals surface area contributed by atoms with Gasteiger partial charge in [-0.15, -0.1) is 0 Å². The Bertz CT molecular complexity index is 597. The van der Waals surface area contributed by atoms with Crippen molar-refractivity contribution in [3.8, 4) is 0 Å². The number of aryl methyl sites for hydroxylation is 2. The van der Waals surface area contributed by atoms with Crippen LogP contribution in [0.5, 0.6) is 0 Å². The lowest BCUT2D eigenvalue weighted by molar-refractivity contribution is 0.467. The third-order valence-electron chi connectivity index (χ3n) is 2.53. The summed E-state index contributed by atoms with van der Waals surface area (Å²) >= 11 is 0. The van der Waals surface area contributed by atoms with Crippen LogP contribution in [-0.2, 0) is 0 Å². The van der Waals surface area contributed by atoms with Crippen molar-refractivity contribution in [2.45, 2.75) is 13.8 Å². The molecule has 18 heavy (non-hydrogen) atoms. The fraction of sp³-hybridized carbons (Fsp3) is 0.154. The molecule has 2 nitrogen and oxygen atoms in total. The Balaban J connectivity index is 2.40. The van der Waals surface area contributed by atoms with E-state index in [-0.39, 0.29) is 5.82 Å². The summed E-state index contributed by atoms with van der Waals surface area (Å²) in [4.78, 5) is 3.21. The van der Waals surface area contributed by atoms with Crippen LogP contribution in [0.15, 0.2) is 24.3 Å². The number of hydrogen-bond donors (Lipinski definition) is 1. The number of aromatic nitrogens is 1. The summed E-state index contributed by atoms with van der Waals surface area (Å²) in [6, 6.07) is 5.98. The molecule has 1 heterocycles. The highest BCUT2D eigenvalue weighted by atomic mass is 19.2. The highest BCUT2D eigenvalue weighted by Gasteiger charge is 2.12. The molecule has 0 saturated carbocycles. The van der Waals surface area contributed by atoms with Gasteiger partial charge in [-0.2, -0.15) is 9.37 Å². The Morgan fingerprint density at radius 1 is 1.00 bits per heavy atom. The molecule has 0 bridgehead atoms. The quantitative estimate of drug-likeness (QED) is 0.821. The minimum Gasteiger partial charge on any atom is -0.337 e. The number of hydrogen-bond acceptors (Lipinski definition) is 2. The first-order chi connectivity index (χ1) is 8.47. The van der Waals surface area contributed by atoms with Gasteiger partial charge in [-0.05, 0) is 31.0 Å². The number of benzene rings is 1. The van der Waals surface area contributed by atoms with Crippen LogP contribution in [0, 0.1) is 31.4 Å². The van der Waals surface area contributed by atoms with E-state index in [0.29, 0.717) is 11.8 Å². The van der Waals surface area contributed by atoms with Crippen molar-refractivity contribution in [2.24, 2.45) is 0 Å². The van der Waals surface area contributed by atoms with Gasteiger partial charge in [-0.1, -0.05) is 12.1 Å². The zero-order chi connectivity index (χ0) is 13.3. The first-order valence-electron chi connectivity index (χ1n) is 5.33. The van der Waals surface area contributed by atoms with Crippen LogP contribution < -0.4 is 5.32 Å². The molecule has 2 rings (SSSR count). The maximum absolute atomic E-state index is 13.4. The van der Waals surface area contributed by atoms with Gasteiger partial charge in [0.2, 0.25) is 0 Å². The molecule has 5 heteroatoms. The van der Waals surface area contributed by atoms with Gasteiger partial charge < -0.3 is 5.32 Å². The topological polar surface area (TPSA) is 24.9 Å². The van der Waals surface area contributed by atoms with Crippen LogP contribution in [-0.4, -0.2) is 4.98 Å². The number of nitrogens with zero attached hydrogens (tertiary/aromatic N) is 1. The highest BCUT2D eigenvalue weighted by Crippen LogP contribution is 2.23. The van der Waals surface area contributed by atoms with Gasteiger partial charge in [-0.25, -0.2) is 8.78 Å². The Kier molecular flexibility index (Phi) is 3.23. The van der Waals surface area contributed by atoms with E-state index in [1.54, 1.807) is 6.07 Å². The van der Waals surface area contributed by atoms with Gasteiger partial charge in [0.25, 0.3) is 5.95 Å². The summed E-state index contributed by atoms with van der Waals surface area (Å²) in [5.74, 6) is -3.90. The predicted octanol–water partition coefficient (Wildman–Crippen LogP) is 3.86. The molecule has 0 spiro atoms. The van der Waals surface area contributed by atoms with Crippen molar-refractivity contribution in [2.75, 3.05) is 5.32 Å². The molecule has 0 aliphatic carbocycles. The third-order valence-corrected chi connectivity index (χ3v) is 2.53. The minimum absolute atomic E-state index is 0.331. The summed E-state index contributed by atoms with van der Waals surface area (Å²) in [7, 11) is 0. The summed E-state index contributed by atoms with van der Waals surface area (Å²) in [6.45, 7) is 3.69. The Morgan fingerprint density at radius 2 is 1.72 bits per heavy atom. The van der Waals surface area contributed by atoms with Gasteiger partial charge in [0.05, 0.1) is 0 Å². The van der Waals surface area contributed by atoms with Crippen LogP contribution in [0.2, 0.25) is 0 Å². The molecular weight excluding hydrogens is 241 g/mol. The zero-order valence-electron chi connectivity index (χ0n) is 9.89. The second-order valence-electron chi connectivity index (χ2n) is 4.03. The van der Waals surface area contributed by atoms with Gasteiger partial charge in [0.1, 0.15) is 0 Å². The largest absolute Gasteiger partial charge is 0.337 e. The third kappa shape index (κ3) is 2.45. The molecule has 0 aliphatic rings. The molecule has 0 atom stereocenters. The van der Waals surface area contributed by atoms with Gasteiger partial charge in [0.15, 0.2) is 17.5 Å². The van der Waals surface area contributed by atoms with Gasteiger partial charge >= 0.3 is 0 Å². The van der Waals surface area contributed by atoms with Crippen LogP contribution in [0.3, 0.4) is 0 Å². The number of halogens is 3. The molecule has 2 aromatic rings. The molecule has 0 saturated heterocycles. The van der Waals surface area contributed by atoms with E-state index in [1.807, 2.05) is 26.0 Å². The van der Waals surface area contributed by atoms with Crippen molar-refractivity contribution in [1.29, 1.82) is 0 Å². The number of pyridine rings is 1. The van der Waals surface area contributed by atoms with Crippen molar-refractivity contribution in [1.82, 2.24) is 4.98 Å². The SMILES string of the molecule is Cc1ccc(C)c(Nc2nc(F)c(F)cc2F)c1. The highest BCUT2D eigenvalue weighted by molar-refractivity contribution is 5.61. The maximum Gasteiger partial charge on any atom is 0.251 e. The van der Waals surface area contributed by atoms with Gasteiger partial charge in [0, 0.05) is 11.8 Å². The van der Waals surface area contributed by atoms with E-state index < -0.39 is 17.6 Å². The van der Waals surface area contributed by atoms with Crippen molar-refractivity contribution in [3.05, 3.63) is 53.0 Å². The first kappa shape index (κ1) is 12.4. The normalized spacial score (nSPS) is 10.5. The predicted molar refractivity (Wildman–Crippen MR) is 63.3 cm³/mol. The molecule has 0 amide bonds. The van der Waals surface area contributed by atoms with Crippen LogP contribution in [0.1, 0.15) is 11.1 Å². The van der Waals surface area contributed by atoms with E-state index in [2.05, 4.69) is 10.3 Å². The second kappa shape index (κ2) is 4.68. The summed E-state index contributed by atoms with van der Waals surface area (Å²) in [5.41, 5.74) is 2.42. The Labute approximate surface area is 102 Å². The monoisotopic (exact) mass is 252 g/mol. The second-order valence-corrected chi connectivity index (χ2v) is 4.03. The van der Waals surface area contributed by atoms with E-state index in [4.69, 9.17) is 0 Å². The molecule has 1 aromatic heterocycles. The summed E-state index contributed by atoms with van der Waals surface area (Å²) < 4.78 is 39.1. The summed E-state index contributed by atoms with van der Waals surface area (Å²) in [6.07, 6.45) is 0. The van der Waals surface area contributed by atoms with E-state index >= 15 is 0 Å². The summed E-state index contributed by atoms with van der Waals surface area (Å²) in [5, 5.41) is 2.66. The fourth-order valence-electron chi connectivity index (χ4n) is 1.53. The van der Waals surface area contributed by atoms with Crippen molar-refractivity contribution < 1.29 is 13.2 Å². The zero-order valence-corrected chi connectivity index (χ0v) is 9.89. The first-order valence-corrected chi connectivity index (χ1v) is 5.33. The number of rotatable bonds is 2. The lowest BCUT2D eigenvalue weighted by Crippen LogP contribution is -2.02. The number of anilines is 2. The smallest absolute Gasteiger partial charge is 0.251 e. The Hall–Kier alpha value is -2.04. The van der Waals surface area contributed by atoms with Crippen LogP contribution in [0.4, 0.5) is 24.7 Å². The average molecular weight is 252 g/mol. The molecule has 94 valence electrons. The number of nitrogens with one attached hydrogen (secondary N) is 1. The standard InChI is InChI=1S/C13H11F3N2/c1-7-3-4-8(2)11(5-7)17-13-10(15)6-9(14)12(16)18-13/h3-6H,1-2H3,(H,17,18). The molecule has 0 radical (unpaired) electrons. The molecular formula is C13H11F3N2. The Morgan fingerprint density at radius 3 is 2.44 bits per heavy atom.